The van der Waals surface area contributed by atoms with E-state index in [2.05, 4.69) is 9.88 Å². The van der Waals surface area contributed by atoms with E-state index in [1.165, 1.54) is 0 Å². The summed E-state index contributed by atoms with van der Waals surface area (Å²) >= 11 is 6.09. The third-order valence-corrected chi connectivity index (χ3v) is 8.72. The van der Waals surface area contributed by atoms with Gasteiger partial charge in [0.2, 0.25) is 0 Å². The number of sulfone groups is 1. The van der Waals surface area contributed by atoms with Gasteiger partial charge in [0, 0.05) is 30.1 Å². The molecule has 3 fully saturated rings. The van der Waals surface area contributed by atoms with Crippen LogP contribution in [0.5, 0.6) is 0 Å². The Bertz CT molecular complexity index is 823. The highest BCUT2D eigenvalue weighted by molar-refractivity contribution is 7.92. The highest BCUT2D eigenvalue weighted by Gasteiger charge is 2.53. The highest BCUT2D eigenvalue weighted by atomic mass is 35.5. The minimum Gasteiger partial charge on any atom is -0.300 e. The fourth-order valence-corrected chi connectivity index (χ4v) is 7.60. The summed E-state index contributed by atoms with van der Waals surface area (Å²) in [6.07, 6.45) is 0.925. The van der Waals surface area contributed by atoms with Crippen LogP contribution in [0.4, 0.5) is 13.2 Å². The van der Waals surface area contributed by atoms with Crippen molar-refractivity contribution in [3.63, 3.8) is 0 Å². The zero-order valence-electron chi connectivity index (χ0n) is 14.8. The normalized spacial score (nSPS) is 30.4. The van der Waals surface area contributed by atoms with E-state index < -0.39 is 21.6 Å². The topological polar surface area (TPSA) is 50.3 Å². The Balaban J connectivity index is 1.36. The number of nitrogens with zero attached hydrogens (tertiary/aromatic N) is 2. The molecule has 0 N–H and O–H groups in total. The van der Waals surface area contributed by atoms with E-state index in [4.69, 9.17) is 11.6 Å². The Kier molecular flexibility index (Phi) is 4.75. The third kappa shape index (κ3) is 3.85. The molecule has 2 saturated heterocycles. The van der Waals surface area contributed by atoms with E-state index in [1.807, 2.05) is 0 Å². The van der Waals surface area contributed by atoms with Gasteiger partial charge >= 0.3 is 6.18 Å². The molecule has 3 aliphatic rings. The summed E-state index contributed by atoms with van der Waals surface area (Å²) in [4.78, 5) is 6.43. The van der Waals surface area contributed by atoms with Crippen molar-refractivity contribution in [2.24, 2.45) is 5.41 Å². The Morgan fingerprint density at radius 3 is 2.41 bits per heavy atom. The van der Waals surface area contributed by atoms with Gasteiger partial charge in [0.15, 0.2) is 9.84 Å². The minimum absolute atomic E-state index is 0.0338. The SMILES string of the molecule is O=S1(=O)CC2(CCN([C@H]3CC[C@H](c4ncc(C(F)(F)F)cc4Cl)CC3)C2)C1. The highest BCUT2D eigenvalue weighted by Crippen LogP contribution is 2.45. The summed E-state index contributed by atoms with van der Waals surface area (Å²) in [6, 6.07) is 1.38. The molecule has 0 unspecified atom stereocenters. The van der Waals surface area contributed by atoms with E-state index >= 15 is 0 Å². The molecule has 0 radical (unpaired) electrons. The average molecular weight is 423 g/mol. The number of likely N-dealkylation sites (tertiary alicyclic amines) is 1. The molecule has 1 saturated carbocycles. The average Bonchev–Trinajstić information content (AvgIpc) is 2.97. The molecule has 27 heavy (non-hydrogen) atoms. The fraction of sp³-hybridized carbons (Fsp3) is 0.722. The molecule has 9 heteroatoms. The first-order valence-electron chi connectivity index (χ1n) is 9.24. The molecular formula is C18H22ClF3N2O2S. The van der Waals surface area contributed by atoms with Crippen molar-refractivity contribution in [3.8, 4) is 0 Å². The van der Waals surface area contributed by atoms with Crippen molar-refractivity contribution < 1.29 is 21.6 Å². The maximum absolute atomic E-state index is 12.8. The molecule has 1 aromatic rings. The summed E-state index contributed by atoms with van der Waals surface area (Å²) in [6.45, 7) is 1.78. The summed E-state index contributed by atoms with van der Waals surface area (Å²) in [5.74, 6) is 0.713. The third-order valence-electron chi connectivity index (χ3n) is 6.32. The number of pyridine rings is 1. The number of halogens is 4. The first-order valence-corrected chi connectivity index (χ1v) is 11.4. The van der Waals surface area contributed by atoms with Crippen molar-refractivity contribution in [1.82, 2.24) is 9.88 Å². The Labute approximate surface area is 162 Å². The van der Waals surface area contributed by atoms with Crippen molar-refractivity contribution in [1.29, 1.82) is 0 Å². The van der Waals surface area contributed by atoms with Crippen LogP contribution < -0.4 is 0 Å². The van der Waals surface area contributed by atoms with Crippen LogP contribution in [-0.2, 0) is 16.0 Å². The molecule has 0 aromatic carbocycles. The van der Waals surface area contributed by atoms with Crippen LogP contribution in [0.3, 0.4) is 0 Å². The lowest BCUT2D eigenvalue weighted by Crippen LogP contribution is -2.51. The van der Waals surface area contributed by atoms with E-state index in [1.54, 1.807) is 0 Å². The van der Waals surface area contributed by atoms with Gasteiger partial charge in [0.25, 0.3) is 0 Å². The van der Waals surface area contributed by atoms with E-state index in [-0.39, 0.29) is 16.4 Å². The van der Waals surface area contributed by atoms with Crippen LogP contribution >= 0.6 is 11.6 Å². The van der Waals surface area contributed by atoms with Gasteiger partial charge in [0.1, 0.15) is 0 Å². The molecule has 150 valence electrons. The molecule has 1 spiro atoms. The van der Waals surface area contributed by atoms with Crippen LogP contribution in [0.1, 0.15) is 49.3 Å². The maximum atomic E-state index is 12.8. The monoisotopic (exact) mass is 422 g/mol. The Hall–Kier alpha value is -0.860. The second-order valence-electron chi connectivity index (χ2n) is 8.35. The van der Waals surface area contributed by atoms with E-state index in [0.717, 1.165) is 57.5 Å². The van der Waals surface area contributed by atoms with Gasteiger partial charge in [-0.15, -0.1) is 0 Å². The predicted octanol–water partition coefficient (Wildman–Crippen LogP) is 3.90. The van der Waals surface area contributed by atoms with Crippen molar-refractivity contribution in [3.05, 3.63) is 28.5 Å². The second-order valence-corrected chi connectivity index (χ2v) is 10.8. The zero-order valence-corrected chi connectivity index (χ0v) is 16.4. The fourth-order valence-electron chi connectivity index (χ4n) is 5.03. The van der Waals surface area contributed by atoms with Gasteiger partial charge in [-0.1, -0.05) is 11.6 Å². The van der Waals surface area contributed by atoms with Gasteiger partial charge in [-0.05, 0) is 44.7 Å². The Morgan fingerprint density at radius 2 is 1.85 bits per heavy atom. The number of hydrogen-bond donors (Lipinski definition) is 0. The van der Waals surface area contributed by atoms with Gasteiger partial charge in [-0.3, -0.25) is 9.88 Å². The number of hydrogen-bond acceptors (Lipinski definition) is 4. The summed E-state index contributed by atoms with van der Waals surface area (Å²) in [5, 5.41) is 0.0908. The van der Waals surface area contributed by atoms with Crippen molar-refractivity contribution in [2.75, 3.05) is 24.6 Å². The molecule has 2 aliphatic heterocycles. The molecule has 4 rings (SSSR count). The number of rotatable bonds is 2. The standard InChI is InChI=1S/C18H22ClF3N2O2S/c19-15-7-13(18(20,21)22)8-23-16(15)12-1-3-14(4-2-12)24-6-5-17(9-24)10-27(25,26)11-17/h7-8,12,14H,1-6,9-11H2/t12-,14-. The van der Waals surface area contributed by atoms with E-state index in [0.29, 0.717) is 23.2 Å². The Morgan fingerprint density at radius 1 is 1.19 bits per heavy atom. The zero-order chi connectivity index (χ0) is 19.4. The molecular weight excluding hydrogens is 401 g/mol. The first kappa shape index (κ1) is 19.5. The van der Waals surface area contributed by atoms with Crippen LogP contribution in [0.15, 0.2) is 12.3 Å². The van der Waals surface area contributed by atoms with Gasteiger partial charge < -0.3 is 0 Å². The van der Waals surface area contributed by atoms with Crippen molar-refractivity contribution >= 4 is 21.4 Å². The van der Waals surface area contributed by atoms with Crippen LogP contribution in [0.2, 0.25) is 5.02 Å². The maximum Gasteiger partial charge on any atom is 0.417 e. The minimum atomic E-state index is -4.44. The summed E-state index contributed by atoms with van der Waals surface area (Å²) < 4.78 is 61.4. The van der Waals surface area contributed by atoms with Crippen LogP contribution in [0.25, 0.3) is 0 Å². The quantitative estimate of drug-likeness (QED) is 0.725. The lowest BCUT2D eigenvalue weighted by atomic mass is 9.83. The lowest BCUT2D eigenvalue weighted by molar-refractivity contribution is -0.137. The summed E-state index contributed by atoms with van der Waals surface area (Å²) in [5.41, 5.74) is -0.289. The molecule has 0 amide bonds. The molecule has 1 aliphatic carbocycles. The van der Waals surface area contributed by atoms with Crippen molar-refractivity contribution in [2.45, 2.75) is 50.2 Å². The molecule has 3 heterocycles. The largest absolute Gasteiger partial charge is 0.417 e. The predicted molar refractivity (Wildman–Crippen MR) is 96.5 cm³/mol. The first-order chi connectivity index (χ1) is 12.6. The molecule has 4 nitrogen and oxygen atoms in total. The van der Waals surface area contributed by atoms with E-state index in [9.17, 15) is 21.6 Å². The smallest absolute Gasteiger partial charge is 0.300 e. The van der Waals surface area contributed by atoms with Gasteiger partial charge in [-0.2, -0.15) is 13.2 Å². The lowest BCUT2D eigenvalue weighted by Gasteiger charge is -2.40. The second kappa shape index (κ2) is 6.59. The summed E-state index contributed by atoms with van der Waals surface area (Å²) in [7, 11) is -2.82. The van der Waals surface area contributed by atoms with Gasteiger partial charge in [0.05, 0.1) is 27.8 Å². The molecule has 0 atom stereocenters. The molecule has 1 aromatic heterocycles. The van der Waals surface area contributed by atoms with Crippen LogP contribution in [0, 0.1) is 5.41 Å². The van der Waals surface area contributed by atoms with Crippen LogP contribution in [-0.4, -0.2) is 48.9 Å². The van der Waals surface area contributed by atoms with Gasteiger partial charge in [-0.25, -0.2) is 8.42 Å². The molecule has 0 bridgehead atoms. The number of alkyl halides is 3. The number of aromatic nitrogens is 1.